The molecule has 1 N–H and O–H groups in total. The topological polar surface area (TPSA) is 59.8 Å². The second-order valence-corrected chi connectivity index (χ2v) is 8.49. The Hall–Kier alpha value is -2.93. The molecule has 3 aromatic rings. The molecule has 0 aliphatic heterocycles. The highest BCUT2D eigenvalue weighted by atomic mass is 16.5. The Labute approximate surface area is 203 Å². The van der Waals surface area contributed by atoms with E-state index >= 15 is 0 Å². The molecular formula is C28H37N3O3. The highest BCUT2D eigenvalue weighted by Crippen LogP contribution is 2.32. The van der Waals surface area contributed by atoms with E-state index in [9.17, 15) is 5.11 Å². The Bertz CT molecular complexity index is 1020. The number of hydrogen-bond acceptors (Lipinski definition) is 5. The van der Waals surface area contributed by atoms with Crippen LogP contribution in [0.4, 0.5) is 0 Å². The SMILES string of the molecule is C=CCCC(O)CN(CCOC)Cc1c(CC)nn(-c2ccccc2)c1Oc1ccc(C)cc1. The monoisotopic (exact) mass is 463 g/mol. The van der Waals surface area contributed by atoms with Gasteiger partial charge in [0.1, 0.15) is 5.75 Å². The number of methoxy groups -OCH3 is 1. The maximum Gasteiger partial charge on any atom is 0.227 e. The molecule has 1 aromatic heterocycles. The summed E-state index contributed by atoms with van der Waals surface area (Å²) in [5.41, 5.74) is 4.13. The molecule has 0 radical (unpaired) electrons. The van der Waals surface area contributed by atoms with Gasteiger partial charge >= 0.3 is 0 Å². The first-order chi connectivity index (χ1) is 16.5. The highest BCUT2D eigenvalue weighted by molar-refractivity contribution is 5.44. The van der Waals surface area contributed by atoms with Crippen molar-refractivity contribution in [2.45, 2.75) is 45.8 Å². The number of aliphatic hydroxyl groups is 1. The van der Waals surface area contributed by atoms with Crippen LogP contribution >= 0.6 is 0 Å². The van der Waals surface area contributed by atoms with Crippen LogP contribution in [0.1, 0.15) is 36.6 Å². The van der Waals surface area contributed by atoms with Gasteiger partial charge in [-0.3, -0.25) is 4.90 Å². The lowest BCUT2D eigenvalue weighted by Crippen LogP contribution is -2.34. The molecule has 3 rings (SSSR count). The first kappa shape index (κ1) is 25.7. The summed E-state index contributed by atoms with van der Waals surface area (Å²) in [6.07, 6.45) is 3.65. The van der Waals surface area contributed by atoms with E-state index in [0.29, 0.717) is 38.5 Å². The van der Waals surface area contributed by atoms with Crippen LogP contribution < -0.4 is 4.74 Å². The van der Waals surface area contributed by atoms with Crippen molar-refractivity contribution in [3.05, 3.63) is 84.1 Å². The number of benzene rings is 2. The van der Waals surface area contributed by atoms with Crippen LogP contribution in [0, 0.1) is 6.92 Å². The van der Waals surface area contributed by atoms with Crippen molar-refractivity contribution in [3.63, 3.8) is 0 Å². The number of para-hydroxylation sites is 1. The van der Waals surface area contributed by atoms with Gasteiger partial charge < -0.3 is 14.6 Å². The van der Waals surface area contributed by atoms with E-state index in [2.05, 4.69) is 25.3 Å². The third kappa shape index (κ3) is 7.03. The summed E-state index contributed by atoms with van der Waals surface area (Å²) in [4.78, 5) is 2.21. The minimum absolute atomic E-state index is 0.439. The molecule has 0 amide bonds. The lowest BCUT2D eigenvalue weighted by Gasteiger charge is -2.25. The third-order valence-electron chi connectivity index (χ3n) is 5.76. The first-order valence-corrected chi connectivity index (χ1v) is 12.0. The van der Waals surface area contributed by atoms with E-state index in [1.165, 1.54) is 5.56 Å². The van der Waals surface area contributed by atoms with Gasteiger partial charge in [0, 0.05) is 26.7 Å². The molecule has 6 nitrogen and oxygen atoms in total. The Kier molecular flexibility index (Phi) is 9.89. The molecule has 0 saturated heterocycles. The van der Waals surface area contributed by atoms with Gasteiger partial charge in [-0.15, -0.1) is 6.58 Å². The zero-order chi connectivity index (χ0) is 24.3. The van der Waals surface area contributed by atoms with Gasteiger partial charge in [0.15, 0.2) is 0 Å². The van der Waals surface area contributed by atoms with Gasteiger partial charge in [-0.2, -0.15) is 5.10 Å². The molecule has 182 valence electrons. The average molecular weight is 464 g/mol. The molecule has 1 atom stereocenters. The maximum absolute atomic E-state index is 10.6. The highest BCUT2D eigenvalue weighted by Gasteiger charge is 2.23. The quantitative estimate of drug-likeness (QED) is 0.328. The van der Waals surface area contributed by atoms with Crippen LogP contribution in [-0.4, -0.2) is 52.7 Å². The summed E-state index contributed by atoms with van der Waals surface area (Å²) >= 11 is 0. The van der Waals surface area contributed by atoms with E-state index < -0.39 is 6.10 Å². The van der Waals surface area contributed by atoms with Gasteiger partial charge in [-0.05, 0) is 50.5 Å². The molecule has 0 saturated carbocycles. The zero-order valence-corrected chi connectivity index (χ0v) is 20.6. The molecule has 0 bridgehead atoms. The number of rotatable bonds is 14. The predicted molar refractivity (Wildman–Crippen MR) is 137 cm³/mol. The maximum atomic E-state index is 10.6. The molecular weight excluding hydrogens is 426 g/mol. The van der Waals surface area contributed by atoms with E-state index in [1.54, 1.807) is 7.11 Å². The third-order valence-corrected chi connectivity index (χ3v) is 5.76. The van der Waals surface area contributed by atoms with Gasteiger partial charge in [0.2, 0.25) is 5.88 Å². The minimum atomic E-state index is -0.439. The lowest BCUT2D eigenvalue weighted by molar-refractivity contribution is 0.0804. The first-order valence-electron chi connectivity index (χ1n) is 12.0. The van der Waals surface area contributed by atoms with Crippen molar-refractivity contribution in [1.82, 2.24) is 14.7 Å². The van der Waals surface area contributed by atoms with Crippen LogP contribution in [0.25, 0.3) is 5.69 Å². The van der Waals surface area contributed by atoms with Crippen LogP contribution in [-0.2, 0) is 17.7 Å². The van der Waals surface area contributed by atoms with Gasteiger partial charge in [-0.25, -0.2) is 4.68 Å². The van der Waals surface area contributed by atoms with Gasteiger partial charge in [0.25, 0.3) is 0 Å². The smallest absolute Gasteiger partial charge is 0.227 e. The number of nitrogens with zero attached hydrogens (tertiary/aromatic N) is 3. The molecule has 0 aliphatic rings. The number of hydrogen-bond donors (Lipinski definition) is 1. The van der Waals surface area contributed by atoms with E-state index in [1.807, 2.05) is 65.4 Å². The normalized spacial score (nSPS) is 12.1. The summed E-state index contributed by atoms with van der Waals surface area (Å²) in [5, 5.41) is 15.5. The van der Waals surface area contributed by atoms with E-state index in [-0.39, 0.29) is 0 Å². The number of ether oxygens (including phenoxy) is 2. The molecule has 1 heterocycles. The molecule has 2 aromatic carbocycles. The van der Waals surface area contributed by atoms with Crippen LogP contribution in [0.5, 0.6) is 11.6 Å². The fraction of sp³-hybridized carbons (Fsp3) is 0.393. The summed E-state index contributed by atoms with van der Waals surface area (Å²) in [6.45, 7) is 10.4. The summed E-state index contributed by atoms with van der Waals surface area (Å²) in [5.74, 6) is 1.47. The van der Waals surface area contributed by atoms with Crippen molar-refractivity contribution in [1.29, 1.82) is 0 Å². The minimum Gasteiger partial charge on any atom is -0.439 e. The number of aryl methyl sites for hydroxylation is 2. The Morgan fingerprint density at radius 1 is 1.15 bits per heavy atom. The number of aliphatic hydroxyl groups excluding tert-OH is 1. The number of allylic oxidation sites excluding steroid dienone is 1. The Balaban J connectivity index is 1.99. The zero-order valence-electron chi connectivity index (χ0n) is 20.6. The van der Waals surface area contributed by atoms with Crippen molar-refractivity contribution in [2.75, 3.05) is 26.8 Å². The fourth-order valence-electron chi connectivity index (χ4n) is 3.87. The van der Waals surface area contributed by atoms with Crippen molar-refractivity contribution in [2.24, 2.45) is 0 Å². The molecule has 1 unspecified atom stereocenters. The second-order valence-electron chi connectivity index (χ2n) is 8.49. The number of aromatic nitrogens is 2. The molecule has 0 aliphatic carbocycles. The molecule has 34 heavy (non-hydrogen) atoms. The van der Waals surface area contributed by atoms with Crippen LogP contribution in [0.2, 0.25) is 0 Å². The molecule has 6 heteroatoms. The second kappa shape index (κ2) is 13.1. The van der Waals surface area contributed by atoms with Gasteiger partial charge in [-0.1, -0.05) is 48.9 Å². The molecule has 0 spiro atoms. The van der Waals surface area contributed by atoms with Crippen molar-refractivity contribution in [3.8, 4) is 17.3 Å². The van der Waals surface area contributed by atoms with Gasteiger partial charge in [0.05, 0.1) is 29.7 Å². The largest absolute Gasteiger partial charge is 0.439 e. The average Bonchev–Trinajstić information content (AvgIpc) is 3.20. The van der Waals surface area contributed by atoms with Crippen LogP contribution in [0.15, 0.2) is 67.3 Å². The summed E-state index contributed by atoms with van der Waals surface area (Å²) in [7, 11) is 1.70. The summed E-state index contributed by atoms with van der Waals surface area (Å²) < 4.78 is 13.7. The Morgan fingerprint density at radius 2 is 1.88 bits per heavy atom. The van der Waals surface area contributed by atoms with E-state index in [0.717, 1.165) is 35.5 Å². The van der Waals surface area contributed by atoms with E-state index in [4.69, 9.17) is 14.6 Å². The Morgan fingerprint density at radius 3 is 2.53 bits per heavy atom. The molecule has 0 fully saturated rings. The van der Waals surface area contributed by atoms with Crippen LogP contribution in [0.3, 0.4) is 0 Å². The van der Waals surface area contributed by atoms with Crippen molar-refractivity contribution >= 4 is 0 Å². The lowest BCUT2D eigenvalue weighted by atomic mass is 10.1. The standard InChI is InChI=1S/C28H37N3O3/c1-5-7-13-24(32)20-30(18-19-33-4)21-26-27(6-2)29-31(23-11-9-8-10-12-23)28(26)34-25-16-14-22(3)15-17-25/h5,8-12,14-17,24,32H,1,6-7,13,18-21H2,2-4H3. The fourth-order valence-corrected chi connectivity index (χ4v) is 3.87. The van der Waals surface area contributed by atoms with Crippen molar-refractivity contribution < 1.29 is 14.6 Å². The summed E-state index contributed by atoms with van der Waals surface area (Å²) in [6, 6.07) is 18.1. The predicted octanol–water partition coefficient (Wildman–Crippen LogP) is 5.31.